The molecule has 2 heterocycles. The van der Waals surface area contributed by atoms with E-state index < -0.39 is 0 Å². The quantitative estimate of drug-likeness (QED) is 0.872. The van der Waals surface area contributed by atoms with Crippen LogP contribution in [0.2, 0.25) is 0 Å². The Morgan fingerprint density at radius 3 is 2.68 bits per heavy atom. The van der Waals surface area contributed by atoms with Crippen LogP contribution in [0.1, 0.15) is 25.7 Å². The number of rotatable bonds is 5. The minimum Gasteiger partial charge on any atom is -0.363 e. The fraction of sp³-hybridized carbons (Fsp3) is 0.714. The Labute approximate surface area is 116 Å². The van der Waals surface area contributed by atoms with Gasteiger partial charge in [0.1, 0.15) is 18.0 Å². The summed E-state index contributed by atoms with van der Waals surface area (Å²) in [4.78, 5) is 12.8. The highest BCUT2D eigenvalue weighted by molar-refractivity contribution is 5.48. The van der Waals surface area contributed by atoms with Gasteiger partial charge < -0.3 is 15.1 Å². The molecule has 1 aromatic rings. The summed E-state index contributed by atoms with van der Waals surface area (Å²) in [5.41, 5.74) is 0. The van der Waals surface area contributed by atoms with Gasteiger partial charge in [-0.15, -0.1) is 0 Å². The SMILES string of the molecule is CN(C)c1cc(N(C)CCC2CCCCN2)ncn1. The third kappa shape index (κ3) is 4.06. The van der Waals surface area contributed by atoms with Crippen LogP contribution in [0.4, 0.5) is 11.6 Å². The number of hydrogen-bond donors (Lipinski definition) is 1. The van der Waals surface area contributed by atoms with Crippen LogP contribution in [0.15, 0.2) is 12.4 Å². The van der Waals surface area contributed by atoms with E-state index in [1.165, 1.54) is 32.2 Å². The molecule has 19 heavy (non-hydrogen) atoms. The van der Waals surface area contributed by atoms with Gasteiger partial charge in [-0.1, -0.05) is 6.42 Å². The molecular weight excluding hydrogens is 238 g/mol. The average molecular weight is 263 g/mol. The lowest BCUT2D eigenvalue weighted by molar-refractivity contribution is 0.384. The molecule has 5 heteroatoms. The van der Waals surface area contributed by atoms with Gasteiger partial charge in [0.05, 0.1) is 0 Å². The van der Waals surface area contributed by atoms with Crippen molar-refractivity contribution in [1.82, 2.24) is 15.3 Å². The highest BCUT2D eigenvalue weighted by atomic mass is 15.2. The molecule has 0 aromatic carbocycles. The van der Waals surface area contributed by atoms with Gasteiger partial charge in [0.25, 0.3) is 0 Å². The van der Waals surface area contributed by atoms with Gasteiger partial charge in [-0.3, -0.25) is 0 Å². The first kappa shape index (κ1) is 14.1. The van der Waals surface area contributed by atoms with Crippen LogP contribution >= 0.6 is 0 Å². The second-order valence-electron chi connectivity index (χ2n) is 5.49. The summed E-state index contributed by atoms with van der Waals surface area (Å²) in [7, 11) is 6.10. The van der Waals surface area contributed by atoms with Crippen LogP contribution in [0.5, 0.6) is 0 Å². The largest absolute Gasteiger partial charge is 0.363 e. The van der Waals surface area contributed by atoms with Crippen molar-refractivity contribution < 1.29 is 0 Å². The highest BCUT2D eigenvalue weighted by Gasteiger charge is 2.13. The van der Waals surface area contributed by atoms with E-state index in [2.05, 4.69) is 27.2 Å². The molecule has 2 rings (SSSR count). The van der Waals surface area contributed by atoms with Crippen molar-refractivity contribution in [2.75, 3.05) is 44.0 Å². The molecule has 0 aliphatic carbocycles. The van der Waals surface area contributed by atoms with Crippen molar-refractivity contribution >= 4 is 11.6 Å². The summed E-state index contributed by atoms with van der Waals surface area (Å²) < 4.78 is 0. The topological polar surface area (TPSA) is 44.3 Å². The van der Waals surface area contributed by atoms with Crippen LogP contribution in [0.25, 0.3) is 0 Å². The van der Waals surface area contributed by atoms with E-state index in [1.807, 2.05) is 25.1 Å². The first-order valence-corrected chi connectivity index (χ1v) is 7.10. The van der Waals surface area contributed by atoms with E-state index in [0.29, 0.717) is 6.04 Å². The van der Waals surface area contributed by atoms with Gasteiger partial charge in [-0.25, -0.2) is 9.97 Å². The number of aromatic nitrogens is 2. The van der Waals surface area contributed by atoms with Crippen LogP contribution < -0.4 is 15.1 Å². The molecule has 1 N–H and O–H groups in total. The van der Waals surface area contributed by atoms with E-state index >= 15 is 0 Å². The summed E-state index contributed by atoms with van der Waals surface area (Å²) >= 11 is 0. The molecular formula is C14H25N5. The van der Waals surface area contributed by atoms with Crippen LogP contribution in [-0.4, -0.2) is 50.2 Å². The van der Waals surface area contributed by atoms with Crippen molar-refractivity contribution in [2.24, 2.45) is 0 Å². The summed E-state index contributed by atoms with van der Waals surface area (Å²) in [6.45, 7) is 2.20. The Morgan fingerprint density at radius 2 is 2.00 bits per heavy atom. The van der Waals surface area contributed by atoms with E-state index in [-0.39, 0.29) is 0 Å². The second-order valence-corrected chi connectivity index (χ2v) is 5.49. The van der Waals surface area contributed by atoms with Crippen molar-refractivity contribution in [3.05, 3.63) is 12.4 Å². The van der Waals surface area contributed by atoms with Gasteiger partial charge in [0, 0.05) is 39.8 Å². The maximum Gasteiger partial charge on any atom is 0.133 e. The number of anilines is 2. The predicted octanol–water partition coefficient (Wildman–Crippen LogP) is 1.51. The molecule has 0 saturated carbocycles. The van der Waals surface area contributed by atoms with Gasteiger partial charge in [-0.05, 0) is 25.8 Å². The van der Waals surface area contributed by atoms with E-state index in [4.69, 9.17) is 0 Å². The zero-order chi connectivity index (χ0) is 13.7. The number of nitrogens with zero attached hydrogens (tertiary/aromatic N) is 4. The zero-order valence-corrected chi connectivity index (χ0v) is 12.3. The zero-order valence-electron chi connectivity index (χ0n) is 12.3. The maximum atomic E-state index is 4.35. The molecule has 1 fully saturated rings. The predicted molar refractivity (Wildman–Crippen MR) is 79.9 cm³/mol. The molecule has 0 radical (unpaired) electrons. The third-order valence-electron chi connectivity index (χ3n) is 3.71. The van der Waals surface area contributed by atoms with Crippen LogP contribution in [0, 0.1) is 0 Å². The molecule has 1 atom stereocenters. The van der Waals surface area contributed by atoms with Crippen molar-refractivity contribution in [3.63, 3.8) is 0 Å². The lowest BCUT2D eigenvalue weighted by Crippen LogP contribution is -2.36. The van der Waals surface area contributed by atoms with Crippen LogP contribution in [0.3, 0.4) is 0 Å². The molecule has 0 bridgehead atoms. The lowest BCUT2D eigenvalue weighted by atomic mass is 10.0. The molecule has 1 aromatic heterocycles. The standard InChI is InChI=1S/C14H25N5/c1-18(2)13-10-14(17-11-16-13)19(3)9-7-12-6-4-5-8-15-12/h10-12,15H,4-9H2,1-3H3. The Hall–Kier alpha value is -1.36. The lowest BCUT2D eigenvalue weighted by Gasteiger charge is -2.26. The van der Waals surface area contributed by atoms with Crippen molar-refractivity contribution in [1.29, 1.82) is 0 Å². The number of nitrogens with one attached hydrogen (secondary N) is 1. The fourth-order valence-corrected chi connectivity index (χ4v) is 2.42. The Kier molecular flexibility index (Phi) is 4.96. The summed E-state index contributed by atoms with van der Waals surface area (Å²) in [6.07, 6.45) is 6.81. The number of hydrogen-bond acceptors (Lipinski definition) is 5. The summed E-state index contributed by atoms with van der Waals surface area (Å²) in [5, 5.41) is 3.59. The van der Waals surface area contributed by atoms with Crippen molar-refractivity contribution in [2.45, 2.75) is 31.7 Å². The highest BCUT2D eigenvalue weighted by Crippen LogP contribution is 2.16. The van der Waals surface area contributed by atoms with Gasteiger partial charge >= 0.3 is 0 Å². The monoisotopic (exact) mass is 263 g/mol. The maximum absolute atomic E-state index is 4.35. The van der Waals surface area contributed by atoms with E-state index in [0.717, 1.165) is 18.2 Å². The fourth-order valence-electron chi connectivity index (χ4n) is 2.42. The van der Waals surface area contributed by atoms with Gasteiger partial charge in [0.2, 0.25) is 0 Å². The second kappa shape index (κ2) is 6.70. The Bertz CT molecular complexity index is 387. The molecule has 5 nitrogen and oxygen atoms in total. The van der Waals surface area contributed by atoms with Gasteiger partial charge in [-0.2, -0.15) is 0 Å². The molecule has 0 amide bonds. The Morgan fingerprint density at radius 1 is 1.21 bits per heavy atom. The van der Waals surface area contributed by atoms with Gasteiger partial charge in [0.15, 0.2) is 0 Å². The smallest absolute Gasteiger partial charge is 0.133 e. The van der Waals surface area contributed by atoms with E-state index in [9.17, 15) is 0 Å². The summed E-state index contributed by atoms with van der Waals surface area (Å²) in [5.74, 6) is 1.95. The Balaban J connectivity index is 1.88. The molecule has 0 spiro atoms. The molecule has 1 saturated heterocycles. The van der Waals surface area contributed by atoms with Crippen LogP contribution in [-0.2, 0) is 0 Å². The first-order valence-electron chi connectivity index (χ1n) is 7.10. The minimum absolute atomic E-state index is 0.673. The van der Waals surface area contributed by atoms with E-state index in [1.54, 1.807) is 6.33 Å². The molecule has 1 unspecified atom stereocenters. The summed E-state index contributed by atoms with van der Waals surface area (Å²) in [6, 6.07) is 2.71. The average Bonchev–Trinajstić information content (AvgIpc) is 2.46. The minimum atomic E-state index is 0.673. The molecule has 1 aliphatic heterocycles. The first-order chi connectivity index (χ1) is 9.16. The molecule has 1 aliphatic rings. The molecule has 106 valence electrons. The van der Waals surface area contributed by atoms with Crippen molar-refractivity contribution in [3.8, 4) is 0 Å². The number of piperidine rings is 1. The third-order valence-corrected chi connectivity index (χ3v) is 3.71. The normalized spacial score (nSPS) is 19.2.